The third-order valence-electron chi connectivity index (χ3n) is 2.32. The summed E-state index contributed by atoms with van der Waals surface area (Å²) in [6.45, 7) is 3.78. The van der Waals surface area contributed by atoms with Crippen molar-refractivity contribution in [3.05, 3.63) is 65.7 Å². The van der Waals surface area contributed by atoms with Crippen LogP contribution in [0.25, 0.3) is 6.08 Å². The molecule has 0 saturated heterocycles. The van der Waals surface area contributed by atoms with Crippen molar-refractivity contribution >= 4 is 29.1 Å². The lowest BCUT2D eigenvalue weighted by molar-refractivity contribution is 1.53. The van der Waals surface area contributed by atoms with Crippen LogP contribution in [-0.2, 0) is 0 Å². The lowest BCUT2D eigenvalue weighted by Crippen LogP contribution is -1.93. The van der Waals surface area contributed by atoms with Crippen molar-refractivity contribution in [1.82, 2.24) is 0 Å². The summed E-state index contributed by atoms with van der Waals surface area (Å²) in [4.78, 5) is 0. The quantitative estimate of drug-likeness (QED) is 0.803. The summed E-state index contributed by atoms with van der Waals surface area (Å²) in [5.74, 6) is 0. The zero-order valence-electron chi connectivity index (χ0n) is 8.78. The summed E-state index contributed by atoms with van der Waals surface area (Å²) >= 11 is 6.08. The molecule has 2 rings (SSSR count). The fourth-order valence-corrected chi connectivity index (χ4v) is 1.68. The van der Waals surface area contributed by atoms with Crippen LogP contribution in [0.2, 0.25) is 5.02 Å². The first kappa shape index (κ1) is 10.8. The Hall–Kier alpha value is -1.73. The van der Waals surface area contributed by atoms with Gasteiger partial charge in [0, 0.05) is 5.69 Å². The zero-order valence-corrected chi connectivity index (χ0v) is 9.54. The van der Waals surface area contributed by atoms with Crippen molar-refractivity contribution in [3.63, 3.8) is 0 Å². The molecule has 0 aliphatic heterocycles. The molecule has 0 unspecified atom stereocenters. The largest absolute Gasteiger partial charge is 0.354 e. The predicted molar refractivity (Wildman–Crippen MR) is 71.3 cm³/mol. The van der Waals surface area contributed by atoms with E-state index >= 15 is 0 Å². The Bertz CT molecular complexity index is 506. The van der Waals surface area contributed by atoms with Gasteiger partial charge in [0.15, 0.2) is 0 Å². The predicted octanol–water partition coefficient (Wildman–Crippen LogP) is 4.73. The third kappa shape index (κ3) is 2.26. The van der Waals surface area contributed by atoms with Crippen molar-refractivity contribution < 1.29 is 0 Å². The van der Waals surface area contributed by atoms with E-state index in [1.807, 2.05) is 54.6 Å². The van der Waals surface area contributed by atoms with Crippen LogP contribution in [0.4, 0.5) is 11.4 Å². The fraction of sp³-hybridized carbons (Fsp3) is 0. The van der Waals surface area contributed by atoms with Gasteiger partial charge in [-0.3, -0.25) is 0 Å². The number of benzene rings is 2. The molecule has 16 heavy (non-hydrogen) atoms. The van der Waals surface area contributed by atoms with Gasteiger partial charge in [-0.25, -0.2) is 0 Å². The maximum atomic E-state index is 6.08. The van der Waals surface area contributed by atoms with Crippen molar-refractivity contribution in [2.24, 2.45) is 0 Å². The van der Waals surface area contributed by atoms with Gasteiger partial charge in [0.05, 0.1) is 10.7 Å². The molecule has 0 atom stereocenters. The van der Waals surface area contributed by atoms with Crippen molar-refractivity contribution in [1.29, 1.82) is 0 Å². The Morgan fingerprint density at radius 3 is 2.25 bits per heavy atom. The number of anilines is 2. The van der Waals surface area contributed by atoms with E-state index in [2.05, 4.69) is 11.9 Å². The Morgan fingerprint density at radius 1 is 0.938 bits per heavy atom. The first-order valence-electron chi connectivity index (χ1n) is 5.04. The van der Waals surface area contributed by atoms with Crippen molar-refractivity contribution in [2.75, 3.05) is 5.32 Å². The first-order valence-corrected chi connectivity index (χ1v) is 5.42. The highest BCUT2D eigenvalue weighted by Gasteiger charge is 2.01. The van der Waals surface area contributed by atoms with Crippen LogP contribution >= 0.6 is 11.6 Å². The number of rotatable bonds is 3. The van der Waals surface area contributed by atoms with Gasteiger partial charge in [-0.2, -0.15) is 0 Å². The molecule has 2 heteroatoms. The number of hydrogen-bond acceptors (Lipinski definition) is 1. The molecule has 0 fully saturated rings. The maximum absolute atomic E-state index is 6.08. The van der Waals surface area contributed by atoms with Gasteiger partial charge in [0.25, 0.3) is 0 Å². The molecule has 2 aromatic carbocycles. The van der Waals surface area contributed by atoms with Crippen LogP contribution < -0.4 is 5.32 Å². The zero-order chi connectivity index (χ0) is 11.4. The number of nitrogens with one attached hydrogen (secondary N) is 1. The molecule has 0 aliphatic rings. The molecule has 1 N–H and O–H groups in total. The lowest BCUT2D eigenvalue weighted by Gasteiger charge is -2.10. The molecule has 0 radical (unpaired) electrons. The second kappa shape index (κ2) is 4.86. The minimum Gasteiger partial charge on any atom is -0.354 e. The standard InChI is InChI=1S/C14H12ClN/c1-2-11-7-3-5-9-13(11)16-14-10-6-4-8-12(14)15/h2-10,16H,1H2. The van der Waals surface area contributed by atoms with Crippen LogP contribution in [0.1, 0.15) is 5.56 Å². The van der Waals surface area contributed by atoms with Gasteiger partial charge in [0.1, 0.15) is 0 Å². The summed E-state index contributed by atoms with van der Waals surface area (Å²) in [6.07, 6.45) is 1.82. The molecule has 0 heterocycles. The van der Waals surface area contributed by atoms with Crippen LogP contribution in [0.3, 0.4) is 0 Å². The molecule has 80 valence electrons. The van der Waals surface area contributed by atoms with E-state index in [4.69, 9.17) is 11.6 Å². The summed E-state index contributed by atoms with van der Waals surface area (Å²) in [6, 6.07) is 15.6. The minimum absolute atomic E-state index is 0.710. The second-order valence-corrected chi connectivity index (χ2v) is 3.80. The SMILES string of the molecule is C=Cc1ccccc1Nc1ccccc1Cl. The van der Waals surface area contributed by atoms with E-state index in [0.717, 1.165) is 16.9 Å². The lowest BCUT2D eigenvalue weighted by atomic mass is 10.1. The number of halogens is 1. The highest BCUT2D eigenvalue weighted by molar-refractivity contribution is 6.33. The molecular weight excluding hydrogens is 218 g/mol. The average molecular weight is 230 g/mol. The van der Waals surface area contributed by atoms with E-state index in [-0.39, 0.29) is 0 Å². The van der Waals surface area contributed by atoms with Crippen molar-refractivity contribution in [3.8, 4) is 0 Å². The molecule has 1 nitrogen and oxygen atoms in total. The van der Waals surface area contributed by atoms with E-state index in [9.17, 15) is 0 Å². The summed E-state index contributed by atoms with van der Waals surface area (Å²) in [7, 11) is 0. The summed E-state index contributed by atoms with van der Waals surface area (Å²) < 4.78 is 0. The van der Waals surface area contributed by atoms with Gasteiger partial charge >= 0.3 is 0 Å². The van der Waals surface area contributed by atoms with Gasteiger partial charge in [0.2, 0.25) is 0 Å². The van der Waals surface area contributed by atoms with Crippen molar-refractivity contribution in [2.45, 2.75) is 0 Å². The van der Waals surface area contributed by atoms with Gasteiger partial charge in [-0.15, -0.1) is 0 Å². The Kier molecular flexibility index (Phi) is 3.28. The minimum atomic E-state index is 0.710. The second-order valence-electron chi connectivity index (χ2n) is 3.40. The summed E-state index contributed by atoms with van der Waals surface area (Å²) in [5, 5.41) is 4.00. The van der Waals surface area contributed by atoms with E-state index in [0.29, 0.717) is 5.02 Å². The smallest absolute Gasteiger partial charge is 0.0640 e. The van der Waals surface area contributed by atoms with E-state index < -0.39 is 0 Å². The Balaban J connectivity index is 2.34. The average Bonchev–Trinajstić information content (AvgIpc) is 2.33. The number of hydrogen-bond donors (Lipinski definition) is 1. The molecule has 0 aromatic heterocycles. The first-order chi connectivity index (χ1) is 7.81. The molecular formula is C14H12ClN. The number of para-hydroxylation sites is 2. The molecule has 2 aromatic rings. The Morgan fingerprint density at radius 2 is 1.56 bits per heavy atom. The van der Waals surface area contributed by atoms with Gasteiger partial charge in [-0.05, 0) is 23.8 Å². The van der Waals surface area contributed by atoms with Crippen LogP contribution in [0.5, 0.6) is 0 Å². The molecule has 0 saturated carbocycles. The van der Waals surface area contributed by atoms with E-state index in [1.54, 1.807) is 0 Å². The van der Waals surface area contributed by atoms with Crippen LogP contribution in [0, 0.1) is 0 Å². The molecule has 0 amide bonds. The summed E-state index contributed by atoms with van der Waals surface area (Å²) in [5.41, 5.74) is 2.96. The Labute approximate surface area is 100 Å². The molecule has 0 aliphatic carbocycles. The third-order valence-corrected chi connectivity index (χ3v) is 2.65. The monoisotopic (exact) mass is 229 g/mol. The highest BCUT2D eigenvalue weighted by atomic mass is 35.5. The topological polar surface area (TPSA) is 12.0 Å². The molecule has 0 bridgehead atoms. The normalized spacial score (nSPS) is 9.81. The highest BCUT2D eigenvalue weighted by Crippen LogP contribution is 2.27. The van der Waals surface area contributed by atoms with Gasteiger partial charge < -0.3 is 5.32 Å². The fourth-order valence-electron chi connectivity index (χ4n) is 1.50. The van der Waals surface area contributed by atoms with Gasteiger partial charge in [-0.1, -0.05) is 54.6 Å². The van der Waals surface area contributed by atoms with Crippen LogP contribution in [0.15, 0.2) is 55.1 Å². The van der Waals surface area contributed by atoms with E-state index in [1.165, 1.54) is 0 Å². The maximum Gasteiger partial charge on any atom is 0.0640 e. The molecule has 0 spiro atoms. The van der Waals surface area contributed by atoms with Crippen LogP contribution in [-0.4, -0.2) is 0 Å².